The van der Waals surface area contributed by atoms with Crippen LogP contribution in [0, 0.1) is 0 Å². The van der Waals surface area contributed by atoms with Crippen LogP contribution < -0.4 is 9.80 Å². The Kier molecular flexibility index (Phi) is 8.17. The lowest BCUT2D eigenvalue weighted by Gasteiger charge is -2.23. The summed E-state index contributed by atoms with van der Waals surface area (Å²) in [6.45, 7) is 5.40. The molecule has 0 spiro atoms. The van der Waals surface area contributed by atoms with Crippen LogP contribution in [0.4, 0.5) is 11.4 Å². The van der Waals surface area contributed by atoms with Gasteiger partial charge < -0.3 is 24.5 Å². The molecule has 0 saturated carbocycles. The molecule has 3 aromatic rings. The summed E-state index contributed by atoms with van der Waals surface area (Å²) in [6, 6.07) is 15.3. The Morgan fingerprint density at radius 3 is 2.50 bits per heavy atom. The van der Waals surface area contributed by atoms with Gasteiger partial charge in [-0.05, 0) is 62.8 Å². The third-order valence-corrected chi connectivity index (χ3v) is 8.63. The van der Waals surface area contributed by atoms with Crippen LogP contribution in [0.1, 0.15) is 12.8 Å². The monoisotopic (exact) mass is 514 g/mol. The topological polar surface area (TPSA) is 95.3 Å². The lowest BCUT2D eigenvalue weighted by Crippen LogP contribution is -2.28. The van der Waals surface area contributed by atoms with Gasteiger partial charge in [0, 0.05) is 62.8 Å². The van der Waals surface area contributed by atoms with Crippen molar-refractivity contribution < 1.29 is 23.1 Å². The lowest BCUT2D eigenvalue weighted by atomic mass is 10.2. The molecule has 0 aliphatic carbocycles. The van der Waals surface area contributed by atoms with Gasteiger partial charge in [0.05, 0.1) is 16.5 Å². The highest BCUT2D eigenvalue weighted by molar-refractivity contribution is 7.90. The van der Waals surface area contributed by atoms with Crippen LogP contribution in [0.25, 0.3) is 10.9 Å². The van der Waals surface area contributed by atoms with Crippen LogP contribution in [-0.2, 0) is 19.6 Å². The van der Waals surface area contributed by atoms with Crippen LogP contribution in [0.15, 0.2) is 59.6 Å². The molecule has 1 N–H and O–H groups in total. The molecule has 2 saturated heterocycles. The van der Waals surface area contributed by atoms with Gasteiger partial charge in [-0.3, -0.25) is 4.79 Å². The fraction of sp³-hybridized carbons (Fsp3) is 0.423. The SMILES string of the molecule is COC1CCN(c2cccc(S(=O)(=O)n3ccc4ccc(N5CCCN(C)CC5)cc43)c2)C1.O=CO. The normalized spacial score (nSPS) is 19.1. The molecule has 0 amide bonds. The fourth-order valence-corrected chi connectivity index (χ4v) is 6.30. The Morgan fingerprint density at radius 1 is 0.972 bits per heavy atom. The van der Waals surface area contributed by atoms with Crippen LogP contribution in [0.3, 0.4) is 0 Å². The van der Waals surface area contributed by atoms with Gasteiger partial charge in [0.25, 0.3) is 16.5 Å². The van der Waals surface area contributed by atoms with Gasteiger partial charge in [0.1, 0.15) is 0 Å². The van der Waals surface area contributed by atoms with E-state index in [-0.39, 0.29) is 12.6 Å². The number of aromatic nitrogens is 1. The number of nitrogens with zero attached hydrogens (tertiary/aromatic N) is 4. The van der Waals surface area contributed by atoms with Crippen molar-refractivity contribution in [1.82, 2.24) is 8.87 Å². The Hall–Kier alpha value is -3.08. The van der Waals surface area contributed by atoms with Gasteiger partial charge in [-0.15, -0.1) is 0 Å². The summed E-state index contributed by atoms with van der Waals surface area (Å²) in [7, 11) is 0.151. The Morgan fingerprint density at radius 2 is 1.75 bits per heavy atom. The largest absolute Gasteiger partial charge is 0.483 e. The number of fused-ring (bicyclic) bond motifs is 1. The van der Waals surface area contributed by atoms with Gasteiger partial charge in [-0.2, -0.15) is 0 Å². The minimum absolute atomic E-state index is 0.191. The van der Waals surface area contributed by atoms with E-state index in [1.165, 1.54) is 3.97 Å². The van der Waals surface area contributed by atoms with Crippen LogP contribution in [0.2, 0.25) is 0 Å². The van der Waals surface area contributed by atoms with Gasteiger partial charge in [-0.1, -0.05) is 12.1 Å². The zero-order chi connectivity index (χ0) is 25.7. The second-order valence-corrected chi connectivity index (χ2v) is 11.0. The van der Waals surface area contributed by atoms with Crippen LogP contribution in [-0.4, -0.2) is 88.4 Å². The molecule has 3 heterocycles. The second-order valence-electron chi connectivity index (χ2n) is 9.20. The molecule has 9 nitrogen and oxygen atoms in total. The molecule has 2 fully saturated rings. The minimum atomic E-state index is -3.72. The predicted molar refractivity (Wildman–Crippen MR) is 142 cm³/mol. The summed E-state index contributed by atoms with van der Waals surface area (Å²) < 4.78 is 34.3. The summed E-state index contributed by atoms with van der Waals surface area (Å²) in [5.74, 6) is 0. The smallest absolute Gasteiger partial charge is 0.290 e. The Balaban J connectivity index is 0.000000967. The average molecular weight is 515 g/mol. The highest BCUT2D eigenvalue weighted by Gasteiger charge is 2.25. The fourth-order valence-electron chi connectivity index (χ4n) is 4.91. The zero-order valence-electron chi connectivity index (χ0n) is 20.8. The first-order valence-electron chi connectivity index (χ1n) is 12.1. The number of ether oxygens (including phenoxy) is 1. The maximum absolute atomic E-state index is 13.7. The molecule has 1 aromatic heterocycles. The number of anilines is 2. The van der Waals surface area contributed by atoms with Crippen molar-refractivity contribution in [2.24, 2.45) is 0 Å². The summed E-state index contributed by atoms with van der Waals surface area (Å²) in [5, 5.41) is 7.81. The van der Waals surface area contributed by atoms with Crippen molar-refractivity contribution in [1.29, 1.82) is 0 Å². The van der Waals surface area contributed by atoms with E-state index in [1.807, 2.05) is 30.3 Å². The molecule has 0 radical (unpaired) electrons. The van der Waals surface area contributed by atoms with E-state index >= 15 is 0 Å². The van der Waals surface area contributed by atoms with E-state index < -0.39 is 10.0 Å². The molecular weight excluding hydrogens is 480 g/mol. The first-order chi connectivity index (χ1) is 17.4. The maximum Gasteiger partial charge on any atom is 0.290 e. The highest BCUT2D eigenvalue weighted by atomic mass is 32.2. The predicted octanol–water partition coefficient (Wildman–Crippen LogP) is 2.95. The van der Waals surface area contributed by atoms with Gasteiger partial charge in [0.15, 0.2) is 0 Å². The molecule has 2 aromatic carbocycles. The first kappa shape index (κ1) is 26.0. The minimum Gasteiger partial charge on any atom is -0.483 e. The molecular formula is C26H34N4O5S. The van der Waals surface area contributed by atoms with Gasteiger partial charge >= 0.3 is 0 Å². The Bertz CT molecular complexity index is 1290. The van der Waals surface area contributed by atoms with Crippen molar-refractivity contribution in [3.05, 3.63) is 54.7 Å². The van der Waals surface area contributed by atoms with Gasteiger partial charge in [0.2, 0.25) is 0 Å². The molecule has 5 rings (SSSR count). The van der Waals surface area contributed by atoms with E-state index in [0.29, 0.717) is 4.90 Å². The number of hydrogen-bond acceptors (Lipinski definition) is 7. The summed E-state index contributed by atoms with van der Waals surface area (Å²) in [6.07, 6.45) is 3.91. The third kappa shape index (κ3) is 5.50. The van der Waals surface area contributed by atoms with Crippen LogP contribution >= 0.6 is 0 Å². The number of likely N-dealkylation sites (N-methyl/N-ethyl adjacent to an activating group) is 1. The molecule has 2 aliphatic rings. The van der Waals surface area contributed by atoms with E-state index in [4.69, 9.17) is 14.6 Å². The van der Waals surface area contributed by atoms with Crippen molar-refractivity contribution in [3.8, 4) is 0 Å². The molecule has 194 valence electrons. The molecule has 10 heteroatoms. The molecule has 0 bridgehead atoms. The lowest BCUT2D eigenvalue weighted by molar-refractivity contribution is -0.122. The summed E-state index contributed by atoms with van der Waals surface area (Å²) in [5.41, 5.74) is 2.71. The van der Waals surface area contributed by atoms with E-state index in [0.717, 1.165) is 74.4 Å². The van der Waals surface area contributed by atoms with E-state index in [9.17, 15) is 8.42 Å². The maximum atomic E-state index is 13.7. The number of hydrogen-bond donors (Lipinski definition) is 1. The number of rotatable bonds is 5. The number of methoxy groups -OCH3 is 1. The van der Waals surface area contributed by atoms with E-state index in [1.54, 1.807) is 25.4 Å². The van der Waals surface area contributed by atoms with Crippen LogP contribution in [0.5, 0.6) is 0 Å². The number of carboxylic acid groups (broad SMARTS) is 1. The van der Waals surface area contributed by atoms with Crippen molar-refractivity contribution in [2.75, 3.05) is 63.2 Å². The van der Waals surface area contributed by atoms with Crippen molar-refractivity contribution >= 4 is 38.8 Å². The standard InChI is InChI=1S/C25H32N4O3S.CH2O2/c1-26-11-4-12-27(16-15-26)22-8-7-20-9-14-29(25(20)18-22)33(30,31)24-6-3-5-21(17-24)28-13-10-23(19-28)32-2;2-1-3/h3,5-9,14,17-18,23H,4,10-13,15-16,19H2,1-2H3;1H,(H,2,3). The molecule has 2 aliphatic heterocycles. The highest BCUT2D eigenvalue weighted by Crippen LogP contribution is 2.29. The third-order valence-electron chi connectivity index (χ3n) is 6.94. The van der Waals surface area contributed by atoms with Crippen molar-refractivity contribution in [2.45, 2.75) is 23.8 Å². The van der Waals surface area contributed by atoms with Gasteiger partial charge in [-0.25, -0.2) is 12.4 Å². The second kappa shape index (κ2) is 11.3. The average Bonchev–Trinajstić information content (AvgIpc) is 3.48. The van der Waals surface area contributed by atoms with Crippen molar-refractivity contribution in [3.63, 3.8) is 0 Å². The quantitative estimate of drug-likeness (QED) is 0.520. The zero-order valence-corrected chi connectivity index (χ0v) is 21.6. The van der Waals surface area contributed by atoms with E-state index in [2.05, 4.69) is 27.8 Å². The summed E-state index contributed by atoms with van der Waals surface area (Å²) >= 11 is 0. The molecule has 36 heavy (non-hydrogen) atoms. The molecule has 1 atom stereocenters. The Labute approximate surface area is 212 Å². The molecule has 1 unspecified atom stereocenters. The number of carbonyl (C=O) groups is 1. The first-order valence-corrected chi connectivity index (χ1v) is 13.6. The number of benzene rings is 2. The summed E-state index contributed by atoms with van der Waals surface area (Å²) in [4.78, 5) is 15.6.